The van der Waals surface area contributed by atoms with Gasteiger partial charge in [0.1, 0.15) is 5.82 Å². The summed E-state index contributed by atoms with van der Waals surface area (Å²) in [6, 6.07) is 15.0. The van der Waals surface area contributed by atoms with Gasteiger partial charge in [-0.05, 0) is 68.2 Å². The second-order valence-corrected chi connectivity index (χ2v) is 9.72. The molecule has 1 aliphatic carbocycles. The third kappa shape index (κ3) is 5.63. The fourth-order valence-electron chi connectivity index (χ4n) is 5.31. The summed E-state index contributed by atoms with van der Waals surface area (Å²) in [5, 5.41) is 0. The number of halogens is 1. The van der Waals surface area contributed by atoms with Crippen molar-refractivity contribution in [2.24, 2.45) is 0 Å². The Hall–Kier alpha value is -3.02. The Kier molecular flexibility index (Phi) is 7.99. The standard InChI is InChI=1S/C30H36FN3O/c1-5-17-33-20-23(3)34(21-22(33)2)29(24-11-7-6-8-12-24)25-13-9-14-26(18-25)30(35)32(4)28-16-10-15-27(31)19-28/h5-7,9-11,13-16,18-19,22-23,29H,1,8,12,17,20-21H2,2-4H3/t22-,23+,29-/m1/s1. The Balaban J connectivity index is 1.67. The van der Waals surface area contributed by atoms with Gasteiger partial charge in [0.25, 0.3) is 5.91 Å². The van der Waals surface area contributed by atoms with Crippen LogP contribution in [0.5, 0.6) is 0 Å². The summed E-state index contributed by atoms with van der Waals surface area (Å²) >= 11 is 0. The number of hydrogen-bond acceptors (Lipinski definition) is 3. The van der Waals surface area contributed by atoms with Gasteiger partial charge in [-0.3, -0.25) is 14.6 Å². The lowest BCUT2D eigenvalue weighted by atomic mass is 9.88. The van der Waals surface area contributed by atoms with E-state index in [1.165, 1.54) is 22.6 Å². The Morgan fingerprint density at radius 1 is 1.17 bits per heavy atom. The Morgan fingerprint density at radius 3 is 2.69 bits per heavy atom. The summed E-state index contributed by atoms with van der Waals surface area (Å²) in [5.74, 6) is -0.502. The van der Waals surface area contributed by atoms with Crippen LogP contribution in [0.15, 0.2) is 85.0 Å². The molecule has 0 unspecified atom stereocenters. The van der Waals surface area contributed by atoms with Gasteiger partial charge in [-0.15, -0.1) is 6.58 Å². The van der Waals surface area contributed by atoms with Crippen LogP contribution in [0.1, 0.15) is 48.7 Å². The predicted molar refractivity (Wildman–Crippen MR) is 142 cm³/mol. The minimum absolute atomic E-state index is 0.107. The number of carbonyl (C=O) groups is 1. The Labute approximate surface area is 209 Å². The lowest BCUT2D eigenvalue weighted by Gasteiger charge is -2.48. The molecule has 4 rings (SSSR count). The molecule has 0 bridgehead atoms. The molecule has 0 saturated carbocycles. The summed E-state index contributed by atoms with van der Waals surface area (Å²) in [6.07, 6.45) is 10.6. The molecule has 184 valence electrons. The van der Waals surface area contributed by atoms with Crippen molar-refractivity contribution in [1.29, 1.82) is 0 Å². The molecule has 0 radical (unpaired) electrons. The van der Waals surface area contributed by atoms with Gasteiger partial charge in [0.2, 0.25) is 0 Å². The summed E-state index contributed by atoms with van der Waals surface area (Å²) in [4.78, 5) is 19.9. The zero-order valence-electron chi connectivity index (χ0n) is 21.0. The van der Waals surface area contributed by atoms with Gasteiger partial charge in [-0.25, -0.2) is 4.39 Å². The highest BCUT2D eigenvalue weighted by molar-refractivity contribution is 6.05. The van der Waals surface area contributed by atoms with Crippen LogP contribution in [0.2, 0.25) is 0 Å². The van der Waals surface area contributed by atoms with E-state index in [9.17, 15) is 9.18 Å². The minimum Gasteiger partial charge on any atom is -0.311 e. The summed E-state index contributed by atoms with van der Waals surface area (Å²) in [5.41, 5.74) is 3.66. The van der Waals surface area contributed by atoms with Crippen LogP contribution in [-0.4, -0.2) is 54.5 Å². The SMILES string of the molecule is C=CCN1C[C@H](C)N([C@H](C2=CC=CCC2)c2cccc(C(=O)N(C)c3cccc(F)c3)c2)C[C@H]1C. The summed E-state index contributed by atoms with van der Waals surface area (Å²) in [7, 11) is 1.69. The van der Waals surface area contributed by atoms with Crippen molar-refractivity contribution in [3.05, 3.63) is 102 Å². The number of carbonyl (C=O) groups excluding carboxylic acids is 1. The molecule has 35 heavy (non-hydrogen) atoms. The first kappa shape index (κ1) is 25.1. The van der Waals surface area contributed by atoms with E-state index in [1.807, 2.05) is 24.3 Å². The number of amides is 1. The second kappa shape index (κ2) is 11.1. The number of benzene rings is 2. The molecule has 1 aliphatic heterocycles. The van der Waals surface area contributed by atoms with E-state index >= 15 is 0 Å². The van der Waals surface area contributed by atoms with Crippen LogP contribution in [0.4, 0.5) is 10.1 Å². The molecule has 1 fully saturated rings. The van der Waals surface area contributed by atoms with Crippen LogP contribution in [0, 0.1) is 5.82 Å². The van der Waals surface area contributed by atoms with Crippen LogP contribution in [0.3, 0.4) is 0 Å². The maximum atomic E-state index is 13.8. The molecule has 2 aromatic rings. The quantitative estimate of drug-likeness (QED) is 0.462. The zero-order chi connectivity index (χ0) is 24.9. The molecule has 0 aromatic heterocycles. The van der Waals surface area contributed by atoms with Crippen molar-refractivity contribution in [1.82, 2.24) is 9.80 Å². The molecule has 0 spiro atoms. The minimum atomic E-state index is -0.355. The lowest BCUT2D eigenvalue weighted by molar-refractivity contribution is 0.0288. The number of nitrogens with zero attached hydrogens (tertiary/aromatic N) is 3. The highest BCUT2D eigenvalue weighted by Crippen LogP contribution is 2.37. The van der Waals surface area contributed by atoms with Gasteiger partial charge in [-0.2, -0.15) is 0 Å². The highest BCUT2D eigenvalue weighted by Gasteiger charge is 2.35. The number of allylic oxidation sites excluding steroid dienone is 3. The third-order valence-electron chi connectivity index (χ3n) is 7.21. The van der Waals surface area contributed by atoms with Crippen molar-refractivity contribution in [2.45, 2.75) is 44.8 Å². The van der Waals surface area contributed by atoms with Crippen molar-refractivity contribution in [3.63, 3.8) is 0 Å². The first-order valence-corrected chi connectivity index (χ1v) is 12.5. The van der Waals surface area contributed by atoms with Crippen molar-refractivity contribution >= 4 is 11.6 Å². The van der Waals surface area contributed by atoms with E-state index in [1.54, 1.807) is 19.2 Å². The molecule has 4 nitrogen and oxygen atoms in total. The number of piperazine rings is 1. The van der Waals surface area contributed by atoms with Crippen molar-refractivity contribution in [3.8, 4) is 0 Å². The maximum absolute atomic E-state index is 13.8. The molecule has 2 aliphatic rings. The molecule has 3 atom stereocenters. The summed E-state index contributed by atoms with van der Waals surface area (Å²) in [6.45, 7) is 11.3. The van der Waals surface area contributed by atoms with Gasteiger partial charge < -0.3 is 4.90 Å². The van der Waals surface area contributed by atoms with Gasteiger partial charge in [0.05, 0.1) is 6.04 Å². The van der Waals surface area contributed by atoms with Crippen LogP contribution >= 0.6 is 0 Å². The van der Waals surface area contributed by atoms with E-state index in [0.29, 0.717) is 23.3 Å². The smallest absolute Gasteiger partial charge is 0.258 e. The van der Waals surface area contributed by atoms with E-state index < -0.39 is 0 Å². The molecular weight excluding hydrogens is 437 g/mol. The first-order valence-electron chi connectivity index (χ1n) is 12.5. The number of anilines is 1. The van der Waals surface area contributed by atoms with E-state index in [4.69, 9.17) is 0 Å². The molecule has 1 amide bonds. The molecule has 0 N–H and O–H groups in total. The lowest BCUT2D eigenvalue weighted by Crippen LogP contribution is -2.57. The van der Waals surface area contributed by atoms with Crippen molar-refractivity contribution < 1.29 is 9.18 Å². The van der Waals surface area contributed by atoms with Crippen LogP contribution < -0.4 is 4.90 Å². The van der Waals surface area contributed by atoms with Gasteiger partial charge >= 0.3 is 0 Å². The monoisotopic (exact) mass is 473 g/mol. The average Bonchev–Trinajstić information content (AvgIpc) is 2.87. The van der Waals surface area contributed by atoms with E-state index in [0.717, 1.165) is 38.0 Å². The largest absolute Gasteiger partial charge is 0.311 e. The molecular formula is C30H36FN3O. The van der Waals surface area contributed by atoms with Gasteiger partial charge in [-0.1, -0.05) is 42.5 Å². The fourth-order valence-corrected chi connectivity index (χ4v) is 5.31. The normalized spacial score (nSPS) is 21.9. The highest BCUT2D eigenvalue weighted by atomic mass is 19.1. The molecule has 1 heterocycles. The Morgan fingerprint density at radius 2 is 1.97 bits per heavy atom. The average molecular weight is 474 g/mol. The van der Waals surface area contributed by atoms with Gasteiger partial charge in [0.15, 0.2) is 0 Å². The maximum Gasteiger partial charge on any atom is 0.258 e. The number of hydrogen-bond donors (Lipinski definition) is 0. The van der Waals surface area contributed by atoms with Crippen molar-refractivity contribution in [2.75, 3.05) is 31.6 Å². The fraction of sp³-hybridized carbons (Fsp3) is 0.367. The first-order chi connectivity index (χ1) is 16.9. The molecule has 2 aromatic carbocycles. The third-order valence-corrected chi connectivity index (χ3v) is 7.21. The van der Waals surface area contributed by atoms with Gasteiger partial charge in [0, 0.05) is 50.0 Å². The molecule has 1 saturated heterocycles. The second-order valence-electron chi connectivity index (χ2n) is 9.72. The topological polar surface area (TPSA) is 26.8 Å². The summed E-state index contributed by atoms with van der Waals surface area (Å²) < 4.78 is 13.8. The zero-order valence-corrected chi connectivity index (χ0v) is 21.0. The van der Waals surface area contributed by atoms with Crippen LogP contribution in [0.25, 0.3) is 0 Å². The number of rotatable bonds is 7. The van der Waals surface area contributed by atoms with Crippen LogP contribution in [-0.2, 0) is 0 Å². The molecule has 5 heteroatoms. The van der Waals surface area contributed by atoms with E-state index in [-0.39, 0.29) is 17.8 Å². The van der Waals surface area contributed by atoms with E-state index in [2.05, 4.69) is 54.5 Å². The Bertz CT molecular complexity index is 1120. The predicted octanol–water partition coefficient (Wildman–Crippen LogP) is 6.00.